The highest BCUT2D eigenvalue weighted by molar-refractivity contribution is 6.02. The van der Waals surface area contributed by atoms with Crippen molar-refractivity contribution < 1.29 is 5.11 Å². The van der Waals surface area contributed by atoms with Crippen LogP contribution in [-0.4, -0.2) is 52.0 Å². The van der Waals surface area contributed by atoms with Crippen LogP contribution in [0.5, 0.6) is 0 Å². The molecule has 4 heteroatoms. The molecule has 102 valence electrons. The summed E-state index contributed by atoms with van der Waals surface area (Å²) >= 11 is 0. The molecule has 0 spiro atoms. The van der Waals surface area contributed by atoms with Crippen LogP contribution in [0.15, 0.2) is 16.9 Å². The van der Waals surface area contributed by atoms with Gasteiger partial charge in [-0.25, -0.2) is 0 Å². The molecule has 1 N–H and O–H groups in total. The van der Waals surface area contributed by atoms with E-state index in [9.17, 15) is 0 Å². The smallest absolute Gasteiger partial charge is 0.0770 e. The molecule has 0 aromatic carbocycles. The first-order valence-electron chi connectivity index (χ1n) is 6.91. The molecule has 1 atom stereocenters. The Labute approximate surface area is 110 Å². The van der Waals surface area contributed by atoms with Gasteiger partial charge >= 0.3 is 0 Å². The van der Waals surface area contributed by atoms with Crippen molar-refractivity contribution in [3.8, 4) is 0 Å². The fourth-order valence-corrected chi connectivity index (χ4v) is 2.71. The van der Waals surface area contributed by atoms with Gasteiger partial charge in [-0.2, -0.15) is 5.10 Å². The van der Waals surface area contributed by atoms with Gasteiger partial charge in [0, 0.05) is 23.9 Å². The predicted molar refractivity (Wildman–Crippen MR) is 74.5 cm³/mol. The van der Waals surface area contributed by atoms with Crippen molar-refractivity contribution in [3.63, 3.8) is 0 Å². The molecular formula is C14H25N3O. The minimum Gasteiger partial charge on any atom is -0.394 e. The summed E-state index contributed by atoms with van der Waals surface area (Å²) < 4.78 is 0. The highest BCUT2D eigenvalue weighted by Gasteiger charge is 2.35. The SMILES string of the molecule is CCC1=NN(CCO)C2CCN(C(C)(C)C)C=C12. The molecule has 0 saturated carbocycles. The van der Waals surface area contributed by atoms with Crippen molar-refractivity contribution >= 4 is 5.71 Å². The lowest BCUT2D eigenvalue weighted by molar-refractivity contribution is 0.136. The zero-order valence-corrected chi connectivity index (χ0v) is 12.0. The molecule has 2 rings (SSSR count). The van der Waals surface area contributed by atoms with Crippen molar-refractivity contribution in [1.29, 1.82) is 0 Å². The average Bonchev–Trinajstić information content (AvgIpc) is 2.66. The van der Waals surface area contributed by atoms with Crippen LogP contribution in [0.1, 0.15) is 40.5 Å². The molecule has 0 aromatic rings. The van der Waals surface area contributed by atoms with Gasteiger partial charge in [-0.05, 0) is 33.6 Å². The summed E-state index contributed by atoms with van der Waals surface area (Å²) in [4.78, 5) is 2.41. The molecule has 18 heavy (non-hydrogen) atoms. The quantitative estimate of drug-likeness (QED) is 0.831. The minimum atomic E-state index is 0.168. The normalized spacial score (nSPS) is 23.9. The highest BCUT2D eigenvalue weighted by atomic mass is 16.3. The van der Waals surface area contributed by atoms with Gasteiger partial charge in [0.1, 0.15) is 0 Å². The monoisotopic (exact) mass is 251 g/mol. The molecule has 0 radical (unpaired) electrons. The molecule has 0 aliphatic carbocycles. The first-order chi connectivity index (χ1) is 8.47. The van der Waals surface area contributed by atoms with Crippen LogP contribution in [0, 0.1) is 0 Å². The molecule has 0 aromatic heterocycles. The van der Waals surface area contributed by atoms with Crippen LogP contribution in [0.25, 0.3) is 0 Å². The maximum Gasteiger partial charge on any atom is 0.0770 e. The molecule has 0 amide bonds. The third-order valence-electron chi connectivity index (χ3n) is 3.77. The van der Waals surface area contributed by atoms with Crippen LogP contribution in [-0.2, 0) is 0 Å². The fourth-order valence-electron chi connectivity index (χ4n) is 2.71. The van der Waals surface area contributed by atoms with Crippen molar-refractivity contribution in [3.05, 3.63) is 11.8 Å². The summed E-state index contributed by atoms with van der Waals surface area (Å²) in [7, 11) is 0. The lowest BCUT2D eigenvalue weighted by Gasteiger charge is -2.40. The van der Waals surface area contributed by atoms with Crippen molar-refractivity contribution in [2.45, 2.75) is 52.1 Å². The second-order valence-corrected chi connectivity index (χ2v) is 6.04. The van der Waals surface area contributed by atoms with E-state index in [1.165, 1.54) is 11.3 Å². The lowest BCUT2D eigenvalue weighted by Crippen LogP contribution is -2.45. The number of aliphatic hydroxyl groups excluding tert-OH is 1. The van der Waals surface area contributed by atoms with E-state index in [0.717, 1.165) is 19.4 Å². The van der Waals surface area contributed by atoms with Gasteiger partial charge in [0.25, 0.3) is 0 Å². The van der Waals surface area contributed by atoms with Gasteiger partial charge in [0.15, 0.2) is 0 Å². The number of rotatable bonds is 3. The summed E-state index contributed by atoms with van der Waals surface area (Å²) in [5, 5.41) is 15.8. The van der Waals surface area contributed by atoms with Gasteiger partial charge in [-0.3, -0.25) is 5.01 Å². The second kappa shape index (κ2) is 4.92. The Bertz CT molecular complexity index is 368. The molecule has 2 aliphatic heterocycles. The number of hydrogen-bond donors (Lipinski definition) is 1. The standard InChI is InChI=1S/C14H25N3O/c1-5-12-11-10-16(14(2,3)4)7-6-13(11)17(15-12)8-9-18/h10,13,18H,5-9H2,1-4H3. The largest absolute Gasteiger partial charge is 0.394 e. The number of fused-ring (bicyclic) bond motifs is 1. The van der Waals surface area contributed by atoms with Crippen molar-refractivity contribution in [2.75, 3.05) is 19.7 Å². The Morgan fingerprint density at radius 3 is 2.72 bits per heavy atom. The third kappa shape index (κ3) is 2.39. The fraction of sp³-hybridized carbons (Fsp3) is 0.786. The maximum absolute atomic E-state index is 9.12. The molecule has 0 bridgehead atoms. The van der Waals surface area contributed by atoms with Crippen LogP contribution < -0.4 is 0 Å². The molecular weight excluding hydrogens is 226 g/mol. The maximum atomic E-state index is 9.12. The predicted octanol–water partition coefficient (Wildman–Crippen LogP) is 1.82. The summed E-state index contributed by atoms with van der Waals surface area (Å²) in [6.45, 7) is 10.8. The van der Waals surface area contributed by atoms with E-state index >= 15 is 0 Å². The van der Waals surface area contributed by atoms with Gasteiger partial charge in [0.05, 0.1) is 24.9 Å². The molecule has 0 fully saturated rings. The van der Waals surface area contributed by atoms with Crippen LogP contribution >= 0.6 is 0 Å². The highest BCUT2D eigenvalue weighted by Crippen LogP contribution is 2.31. The van der Waals surface area contributed by atoms with Crippen LogP contribution in [0.2, 0.25) is 0 Å². The second-order valence-electron chi connectivity index (χ2n) is 6.04. The summed E-state index contributed by atoms with van der Waals surface area (Å²) in [6, 6.07) is 0.380. The molecule has 2 heterocycles. The Balaban J connectivity index is 2.24. The number of aliphatic hydroxyl groups is 1. The van der Waals surface area contributed by atoms with E-state index in [1.807, 2.05) is 0 Å². The van der Waals surface area contributed by atoms with E-state index < -0.39 is 0 Å². The first-order valence-corrected chi connectivity index (χ1v) is 6.91. The topological polar surface area (TPSA) is 39.1 Å². The number of hydrazone groups is 1. The van der Waals surface area contributed by atoms with Gasteiger partial charge in [0.2, 0.25) is 0 Å². The van der Waals surface area contributed by atoms with Crippen LogP contribution in [0.4, 0.5) is 0 Å². The van der Waals surface area contributed by atoms with Gasteiger partial charge in [-0.1, -0.05) is 6.92 Å². The number of hydrogen-bond acceptors (Lipinski definition) is 4. The number of nitrogens with zero attached hydrogens (tertiary/aromatic N) is 3. The van der Waals surface area contributed by atoms with Gasteiger partial charge < -0.3 is 10.0 Å². The van der Waals surface area contributed by atoms with E-state index in [0.29, 0.717) is 12.6 Å². The average molecular weight is 251 g/mol. The van der Waals surface area contributed by atoms with E-state index in [4.69, 9.17) is 5.11 Å². The first kappa shape index (κ1) is 13.4. The Kier molecular flexibility index (Phi) is 3.66. The summed E-state index contributed by atoms with van der Waals surface area (Å²) in [5.41, 5.74) is 2.70. The lowest BCUT2D eigenvalue weighted by atomic mass is 9.93. The summed E-state index contributed by atoms with van der Waals surface area (Å²) in [5.74, 6) is 0. The molecule has 1 unspecified atom stereocenters. The molecule has 4 nitrogen and oxygen atoms in total. The Morgan fingerprint density at radius 1 is 1.44 bits per heavy atom. The third-order valence-corrected chi connectivity index (χ3v) is 3.77. The van der Waals surface area contributed by atoms with Crippen LogP contribution in [0.3, 0.4) is 0 Å². The molecule has 2 aliphatic rings. The van der Waals surface area contributed by atoms with Gasteiger partial charge in [-0.15, -0.1) is 0 Å². The van der Waals surface area contributed by atoms with E-state index in [-0.39, 0.29) is 12.1 Å². The Morgan fingerprint density at radius 2 is 2.17 bits per heavy atom. The number of β-amino-alcohol motifs (C(OH)–C–C–N with tert-alkyl or cyclic N) is 1. The zero-order valence-electron chi connectivity index (χ0n) is 12.0. The van der Waals surface area contributed by atoms with E-state index in [1.54, 1.807) is 0 Å². The molecule has 0 saturated heterocycles. The Hall–Kier alpha value is -1.03. The summed E-state index contributed by atoms with van der Waals surface area (Å²) in [6.07, 6.45) is 4.34. The zero-order chi connectivity index (χ0) is 13.3. The minimum absolute atomic E-state index is 0.168. The van der Waals surface area contributed by atoms with E-state index in [2.05, 4.69) is 48.9 Å². The van der Waals surface area contributed by atoms with Crippen molar-refractivity contribution in [1.82, 2.24) is 9.91 Å². The van der Waals surface area contributed by atoms with Crippen molar-refractivity contribution in [2.24, 2.45) is 5.10 Å².